The zero-order valence-corrected chi connectivity index (χ0v) is 14.0. The number of carboxylic acid groups (broad SMARTS) is 1. The number of carbonyl (C=O) groups is 4. The van der Waals surface area contributed by atoms with E-state index < -0.39 is 5.97 Å². The number of nitrogens with zero attached hydrogens (tertiary/aromatic N) is 1. The van der Waals surface area contributed by atoms with Gasteiger partial charge in [0, 0.05) is 25.9 Å². The van der Waals surface area contributed by atoms with Crippen LogP contribution in [0.25, 0.3) is 0 Å². The Kier molecular flexibility index (Phi) is 6.68. The van der Waals surface area contributed by atoms with E-state index in [-0.39, 0.29) is 37.1 Å². The fourth-order valence-electron chi connectivity index (χ4n) is 2.73. The minimum Gasteiger partial charge on any atom is -0.481 e. The molecule has 0 spiro atoms. The molecule has 0 fully saturated rings. The van der Waals surface area contributed by atoms with Crippen LogP contribution in [0.1, 0.15) is 59.2 Å². The van der Waals surface area contributed by atoms with Crippen molar-refractivity contribution in [1.29, 1.82) is 0 Å². The minimum atomic E-state index is -0.808. The summed E-state index contributed by atoms with van der Waals surface area (Å²) in [5, 5.41) is 11.3. The van der Waals surface area contributed by atoms with Crippen LogP contribution in [0, 0.1) is 0 Å². The number of unbranched alkanes of at least 4 members (excludes halogenated alkanes) is 2. The molecule has 25 heavy (non-hydrogen) atoms. The Bertz CT molecular complexity index is 636. The number of imide groups is 1. The highest BCUT2D eigenvalue weighted by molar-refractivity contribution is 6.21. The van der Waals surface area contributed by atoms with Gasteiger partial charge in [-0.05, 0) is 31.4 Å². The highest BCUT2D eigenvalue weighted by atomic mass is 16.4. The van der Waals surface area contributed by atoms with Crippen molar-refractivity contribution >= 4 is 23.7 Å². The lowest BCUT2D eigenvalue weighted by atomic mass is 10.1. The fraction of sp³-hybridized carbons (Fsp3) is 0.444. The van der Waals surface area contributed by atoms with Crippen LogP contribution in [-0.2, 0) is 9.59 Å². The molecule has 2 rings (SSSR count). The molecule has 2 N–H and O–H groups in total. The molecule has 0 unspecified atom stereocenters. The normalized spacial score (nSPS) is 13.0. The van der Waals surface area contributed by atoms with Gasteiger partial charge in [0.25, 0.3) is 11.8 Å². The molecule has 0 atom stereocenters. The Labute approximate surface area is 146 Å². The maximum Gasteiger partial charge on any atom is 0.303 e. The molecule has 7 nitrogen and oxygen atoms in total. The van der Waals surface area contributed by atoms with Crippen LogP contribution in [0.15, 0.2) is 24.3 Å². The zero-order chi connectivity index (χ0) is 18.2. The third-order valence-corrected chi connectivity index (χ3v) is 4.05. The average molecular weight is 346 g/mol. The minimum absolute atomic E-state index is 0.130. The largest absolute Gasteiger partial charge is 0.481 e. The summed E-state index contributed by atoms with van der Waals surface area (Å²) in [5.41, 5.74) is 0.830. The third-order valence-electron chi connectivity index (χ3n) is 4.05. The second-order valence-corrected chi connectivity index (χ2v) is 5.97. The molecule has 1 heterocycles. The van der Waals surface area contributed by atoms with Crippen LogP contribution in [0.3, 0.4) is 0 Å². The second kappa shape index (κ2) is 8.96. The summed E-state index contributed by atoms with van der Waals surface area (Å²) in [6, 6.07) is 6.70. The molecule has 0 aliphatic carbocycles. The van der Waals surface area contributed by atoms with E-state index in [4.69, 9.17) is 5.11 Å². The van der Waals surface area contributed by atoms with Crippen molar-refractivity contribution in [3.8, 4) is 0 Å². The maximum atomic E-state index is 12.2. The lowest BCUT2D eigenvalue weighted by molar-refractivity contribution is -0.137. The van der Waals surface area contributed by atoms with Crippen LogP contribution in [-0.4, -0.2) is 46.8 Å². The molecule has 1 aromatic rings. The molecule has 0 saturated heterocycles. The van der Waals surface area contributed by atoms with E-state index in [0.29, 0.717) is 30.5 Å². The van der Waals surface area contributed by atoms with Gasteiger partial charge in [0.1, 0.15) is 0 Å². The van der Waals surface area contributed by atoms with Crippen molar-refractivity contribution in [2.45, 2.75) is 38.5 Å². The highest BCUT2D eigenvalue weighted by Crippen LogP contribution is 2.22. The number of carboxylic acids is 1. The second-order valence-electron chi connectivity index (χ2n) is 5.97. The summed E-state index contributed by atoms with van der Waals surface area (Å²) in [7, 11) is 0. The van der Waals surface area contributed by atoms with E-state index in [0.717, 1.165) is 12.8 Å². The number of aliphatic carboxylic acids is 1. The van der Waals surface area contributed by atoms with E-state index in [9.17, 15) is 19.2 Å². The third kappa shape index (κ3) is 5.14. The lowest BCUT2D eigenvalue weighted by Crippen LogP contribution is -2.32. The standard InChI is InChI=1S/C18H22N2O5/c21-15(19-11-5-1-2-10-16(22)23)9-6-12-20-17(24)13-7-3-4-8-14(13)18(20)25/h3-4,7-8H,1-2,5-6,9-12H2,(H,19,21)(H,22,23). The lowest BCUT2D eigenvalue weighted by Gasteiger charge is -2.13. The van der Waals surface area contributed by atoms with Crippen molar-refractivity contribution < 1.29 is 24.3 Å². The van der Waals surface area contributed by atoms with Gasteiger partial charge in [0.15, 0.2) is 0 Å². The molecule has 134 valence electrons. The molecular weight excluding hydrogens is 324 g/mol. The molecular formula is C18H22N2O5. The molecule has 1 aliphatic heterocycles. The van der Waals surface area contributed by atoms with Gasteiger partial charge in [-0.25, -0.2) is 0 Å². The Morgan fingerprint density at radius 3 is 2.16 bits per heavy atom. The van der Waals surface area contributed by atoms with Gasteiger partial charge < -0.3 is 10.4 Å². The number of carbonyl (C=O) groups excluding carboxylic acids is 3. The quantitative estimate of drug-likeness (QED) is 0.497. The van der Waals surface area contributed by atoms with Crippen LogP contribution in [0.2, 0.25) is 0 Å². The smallest absolute Gasteiger partial charge is 0.303 e. The number of benzene rings is 1. The van der Waals surface area contributed by atoms with Crippen molar-refractivity contribution in [2.24, 2.45) is 0 Å². The van der Waals surface area contributed by atoms with E-state index in [1.807, 2.05) is 0 Å². The first-order valence-corrected chi connectivity index (χ1v) is 8.44. The van der Waals surface area contributed by atoms with Gasteiger partial charge in [-0.2, -0.15) is 0 Å². The number of hydrogen-bond donors (Lipinski definition) is 2. The van der Waals surface area contributed by atoms with Crippen LogP contribution < -0.4 is 5.32 Å². The SMILES string of the molecule is O=C(O)CCCCCNC(=O)CCCN1C(=O)c2ccccc2C1=O. The van der Waals surface area contributed by atoms with Crippen molar-refractivity contribution in [3.05, 3.63) is 35.4 Å². The van der Waals surface area contributed by atoms with Gasteiger partial charge in [0.2, 0.25) is 5.91 Å². The van der Waals surface area contributed by atoms with Gasteiger partial charge in [-0.3, -0.25) is 24.1 Å². The predicted molar refractivity (Wildman–Crippen MR) is 90.2 cm³/mol. The van der Waals surface area contributed by atoms with Crippen molar-refractivity contribution in [3.63, 3.8) is 0 Å². The van der Waals surface area contributed by atoms with Crippen molar-refractivity contribution in [2.75, 3.05) is 13.1 Å². The first kappa shape index (κ1) is 18.6. The topological polar surface area (TPSA) is 104 Å². The van der Waals surface area contributed by atoms with Crippen LogP contribution in [0.4, 0.5) is 0 Å². The van der Waals surface area contributed by atoms with Gasteiger partial charge in [-0.1, -0.05) is 18.6 Å². The Morgan fingerprint density at radius 2 is 1.56 bits per heavy atom. The van der Waals surface area contributed by atoms with E-state index >= 15 is 0 Å². The summed E-state index contributed by atoms with van der Waals surface area (Å²) in [6.45, 7) is 0.726. The first-order chi connectivity index (χ1) is 12.0. The number of hydrogen-bond acceptors (Lipinski definition) is 4. The fourth-order valence-corrected chi connectivity index (χ4v) is 2.73. The molecule has 1 aliphatic rings. The van der Waals surface area contributed by atoms with Crippen LogP contribution in [0.5, 0.6) is 0 Å². The average Bonchev–Trinajstić information content (AvgIpc) is 2.83. The number of amides is 3. The number of rotatable bonds is 10. The van der Waals surface area contributed by atoms with Crippen LogP contribution >= 0.6 is 0 Å². The number of fused-ring (bicyclic) bond motifs is 1. The Balaban J connectivity index is 1.63. The maximum absolute atomic E-state index is 12.2. The molecule has 7 heteroatoms. The molecule has 0 bridgehead atoms. The Hall–Kier alpha value is -2.70. The Morgan fingerprint density at radius 1 is 0.920 bits per heavy atom. The van der Waals surface area contributed by atoms with Crippen molar-refractivity contribution in [1.82, 2.24) is 10.2 Å². The van der Waals surface area contributed by atoms with Gasteiger partial charge >= 0.3 is 5.97 Å². The summed E-state index contributed by atoms with van der Waals surface area (Å²) in [4.78, 5) is 47.6. The first-order valence-electron chi connectivity index (χ1n) is 8.44. The highest BCUT2D eigenvalue weighted by Gasteiger charge is 2.34. The molecule has 3 amide bonds. The molecule has 0 radical (unpaired) electrons. The van der Waals surface area contributed by atoms with E-state index in [1.165, 1.54) is 4.90 Å². The summed E-state index contributed by atoms with van der Waals surface area (Å²) in [5.74, 6) is -1.55. The van der Waals surface area contributed by atoms with Gasteiger partial charge in [0.05, 0.1) is 11.1 Å². The molecule has 1 aromatic carbocycles. The zero-order valence-electron chi connectivity index (χ0n) is 14.0. The summed E-state index contributed by atoms with van der Waals surface area (Å²) in [6.07, 6.45) is 2.89. The number of nitrogens with one attached hydrogen (secondary N) is 1. The molecule has 0 saturated carbocycles. The van der Waals surface area contributed by atoms with E-state index in [1.54, 1.807) is 24.3 Å². The summed E-state index contributed by atoms with van der Waals surface area (Å²) < 4.78 is 0. The summed E-state index contributed by atoms with van der Waals surface area (Å²) >= 11 is 0. The van der Waals surface area contributed by atoms with Gasteiger partial charge in [-0.15, -0.1) is 0 Å². The van der Waals surface area contributed by atoms with E-state index in [2.05, 4.69) is 5.32 Å². The monoisotopic (exact) mass is 346 g/mol. The molecule has 0 aromatic heterocycles. The predicted octanol–water partition coefficient (Wildman–Crippen LogP) is 1.82.